The van der Waals surface area contributed by atoms with Crippen LogP contribution in [0.15, 0.2) is 17.3 Å². The van der Waals surface area contributed by atoms with Crippen LogP contribution in [0.2, 0.25) is 0 Å². The monoisotopic (exact) mass is 168 g/mol. The predicted octanol–water partition coefficient (Wildman–Crippen LogP) is 2.08. The molecule has 0 amide bonds. The third-order valence-electron chi connectivity index (χ3n) is 1.41. The molecule has 11 heavy (non-hydrogen) atoms. The van der Waals surface area contributed by atoms with E-state index in [0.717, 1.165) is 22.0 Å². The summed E-state index contributed by atoms with van der Waals surface area (Å²) in [4.78, 5) is 4.21. The number of aromatic nitrogens is 1. The first-order valence-corrected chi connectivity index (χ1v) is 4.57. The molecular formula is C8H12N2S. The van der Waals surface area contributed by atoms with Crippen LogP contribution in [0.3, 0.4) is 0 Å². The Labute approximate surface area is 71.2 Å². The van der Waals surface area contributed by atoms with Crippen molar-refractivity contribution in [2.75, 3.05) is 11.5 Å². The summed E-state index contributed by atoms with van der Waals surface area (Å²) in [7, 11) is 0. The molecule has 0 bridgehead atoms. The van der Waals surface area contributed by atoms with Gasteiger partial charge in [0.05, 0.1) is 5.03 Å². The van der Waals surface area contributed by atoms with Gasteiger partial charge in [-0.05, 0) is 24.3 Å². The molecule has 0 aliphatic carbocycles. The Morgan fingerprint density at radius 1 is 1.64 bits per heavy atom. The van der Waals surface area contributed by atoms with Gasteiger partial charge in [0.2, 0.25) is 0 Å². The highest BCUT2D eigenvalue weighted by Crippen LogP contribution is 2.18. The maximum absolute atomic E-state index is 5.70. The highest BCUT2D eigenvalue weighted by Gasteiger charge is 1.96. The summed E-state index contributed by atoms with van der Waals surface area (Å²) < 4.78 is 0. The van der Waals surface area contributed by atoms with E-state index in [2.05, 4.69) is 11.9 Å². The highest BCUT2D eigenvalue weighted by molar-refractivity contribution is 7.99. The lowest BCUT2D eigenvalue weighted by Crippen LogP contribution is -1.91. The van der Waals surface area contributed by atoms with Gasteiger partial charge in [-0.1, -0.05) is 6.92 Å². The molecule has 2 N–H and O–H groups in total. The molecule has 0 atom stereocenters. The Bertz CT molecular complexity index is 248. The Hall–Kier alpha value is -0.700. The van der Waals surface area contributed by atoms with Crippen LogP contribution >= 0.6 is 11.8 Å². The first kappa shape index (κ1) is 8.40. The molecule has 0 unspecified atom stereocenters. The summed E-state index contributed by atoms with van der Waals surface area (Å²) in [6, 6.07) is 1.92. The fraction of sp³-hybridized carbons (Fsp3) is 0.375. The normalized spacial score (nSPS) is 10.0. The predicted molar refractivity (Wildman–Crippen MR) is 49.8 cm³/mol. The molecule has 0 radical (unpaired) electrons. The van der Waals surface area contributed by atoms with Gasteiger partial charge in [-0.15, -0.1) is 11.8 Å². The van der Waals surface area contributed by atoms with Crippen molar-refractivity contribution in [3.8, 4) is 0 Å². The van der Waals surface area contributed by atoms with Crippen molar-refractivity contribution in [3.63, 3.8) is 0 Å². The summed E-state index contributed by atoms with van der Waals surface area (Å²) in [6.45, 7) is 4.06. The molecule has 0 spiro atoms. The van der Waals surface area contributed by atoms with E-state index in [0.29, 0.717) is 0 Å². The second-order valence-electron chi connectivity index (χ2n) is 2.31. The van der Waals surface area contributed by atoms with Gasteiger partial charge in [0.15, 0.2) is 0 Å². The molecule has 1 aromatic heterocycles. The molecule has 1 rings (SSSR count). The van der Waals surface area contributed by atoms with E-state index in [-0.39, 0.29) is 0 Å². The van der Waals surface area contributed by atoms with Crippen LogP contribution in [0.4, 0.5) is 5.69 Å². The number of pyridine rings is 1. The van der Waals surface area contributed by atoms with Gasteiger partial charge in [0.1, 0.15) is 0 Å². The van der Waals surface area contributed by atoms with Gasteiger partial charge in [0.25, 0.3) is 0 Å². The van der Waals surface area contributed by atoms with Crippen molar-refractivity contribution >= 4 is 17.4 Å². The second kappa shape index (κ2) is 3.62. The minimum absolute atomic E-state index is 0.830. The van der Waals surface area contributed by atoms with Crippen molar-refractivity contribution in [2.45, 2.75) is 18.9 Å². The maximum Gasteiger partial charge on any atom is 0.0980 e. The lowest BCUT2D eigenvalue weighted by molar-refractivity contribution is 1.11. The standard InChI is InChI=1S/C8H12N2S/c1-3-11-8-4-7(9)6(2)5-10-8/h4-5H,3H2,1-2H3,(H2,9,10). The molecule has 2 nitrogen and oxygen atoms in total. The van der Waals surface area contributed by atoms with E-state index in [1.807, 2.05) is 19.2 Å². The van der Waals surface area contributed by atoms with Crippen LogP contribution in [0.25, 0.3) is 0 Å². The molecule has 1 heterocycles. The van der Waals surface area contributed by atoms with Crippen LogP contribution in [-0.2, 0) is 0 Å². The quantitative estimate of drug-likeness (QED) is 0.687. The van der Waals surface area contributed by atoms with Crippen molar-refractivity contribution in [1.82, 2.24) is 4.98 Å². The summed E-state index contributed by atoms with van der Waals surface area (Å²) in [5, 5.41) is 1.01. The van der Waals surface area contributed by atoms with Crippen LogP contribution in [0.5, 0.6) is 0 Å². The summed E-state index contributed by atoms with van der Waals surface area (Å²) in [6.07, 6.45) is 1.81. The lowest BCUT2D eigenvalue weighted by Gasteiger charge is -2.01. The minimum Gasteiger partial charge on any atom is -0.398 e. The van der Waals surface area contributed by atoms with Crippen molar-refractivity contribution < 1.29 is 0 Å². The molecule has 0 saturated carbocycles. The summed E-state index contributed by atoms with van der Waals surface area (Å²) >= 11 is 1.71. The van der Waals surface area contributed by atoms with Gasteiger partial charge >= 0.3 is 0 Å². The van der Waals surface area contributed by atoms with Crippen LogP contribution in [0.1, 0.15) is 12.5 Å². The molecule has 3 heteroatoms. The number of nitrogens with zero attached hydrogens (tertiary/aromatic N) is 1. The molecule has 0 aliphatic heterocycles. The third-order valence-corrected chi connectivity index (χ3v) is 2.22. The van der Waals surface area contributed by atoms with E-state index in [1.165, 1.54) is 0 Å². The molecule has 0 aliphatic rings. The van der Waals surface area contributed by atoms with E-state index in [9.17, 15) is 0 Å². The molecule has 0 aromatic carbocycles. The lowest BCUT2D eigenvalue weighted by atomic mass is 10.3. The van der Waals surface area contributed by atoms with Gasteiger partial charge in [-0.2, -0.15) is 0 Å². The topological polar surface area (TPSA) is 38.9 Å². The maximum atomic E-state index is 5.70. The van der Waals surface area contributed by atoms with Gasteiger partial charge in [-0.25, -0.2) is 4.98 Å². The molecule has 1 aromatic rings. The van der Waals surface area contributed by atoms with Crippen molar-refractivity contribution in [2.24, 2.45) is 0 Å². The average molecular weight is 168 g/mol. The van der Waals surface area contributed by atoms with Crippen LogP contribution in [-0.4, -0.2) is 10.7 Å². The first-order chi connectivity index (χ1) is 5.24. The first-order valence-electron chi connectivity index (χ1n) is 3.59. The molecule has 0 saturated heterocycles. The zero-order valence-corrected chi connectivity index (χ0v) is 7.61. The van der Waals surface area contributed by atoms with E-state index < -0.39 is 0 Å². The van der Waals surface area contributed by atoms with Crippen LogP contribution in [0, 0.1) is 6.92 Å². The van der Waals surface area contributed by atoms with Crippen molar-refractivity contribution in [1.29, 1.82) is 0 Å². The molecule has 0 fully saturated rings. The Morgan fingerprint density at radius 2 is 2.36 bits per heavy atom. The fourth-order valence-corrected chi connectivity index (χ4v) is 1.38. The summed E-state index contributed by atoms with van der Waals surface area (Å²) in [5.74, 6) is 1.04. The highest BCUT2D eigenvalue weighted by atomic mass is 32.2. The van der Waals surface area contributed by atoms with E-state index in [1.54, 1.807) is 11.8 Å². The number of nitrogen functional groups attached to an aromatic ring is 1. The third kappa shape index (κ3) is 2.12. The number of rotatable bonds is 2. The largest absolute Gasteiger partial charge is 0.398 e. The van der Waals surface area contributed by atoms with E-state index in [4.69, 9.17) is 5.73 Å². The van der Waals surface area contributed by atoms with Gasteiger partial charge < -0.3 is 5.73 Å². The van der Waals surface area contributed by atoms with Crippen LogP contribution < -0.4 is 5.73 Å². The molecular weight excluding hydrogens is 156 g/mol. The number of thioether (sulfide) groups is 1. The van der Waals surface area contributed by atoms with Crippen molar-refractivity contribution in [3.05, 3.63) is 17.8 Å². The number of aryl methyl sites for hydroxylation is 1. The Morgan fingerprint density at radius 3 is 2.91 bits per heavy atom. The zero-order chi connectivity index (χ0) is 8.27. The number of hydrogen-bond acceptors (Lipinski definition) is 3. The number of hydrogen-bond donors (Lipinski definition) is 1. The minimum atomic E-state index is 0.830. The SMILES string of the molecule is CCSc1cc(N)c(C)cn1. The van der Waals surface area contributed by atoms with Gasteiger partial charge in [0, 0.05) is 11.9 Å². The number of nitrogens with two attached hydrogens (primary N) is 1. The summed E-state index contributed by atoms with van der Waals surface area (Å²) in [5.41, 5.74) is 7.57. The zero-order valence-electron chi connectivity index (χ0n) is 6.79. The van der Waals surface area contributed by atoms with E-state index >= 15 is 0 Å². The molecule has 60 valence electrons. The average Bonchev–Trinajstić information content (AvgIpc) is 1.98. The number of anilines is 1. The second-order valence-corrected chi connectivity index (χ2v) is 3.60. The smallest absolute Gasteiger partial charge is 0.0980 e. The van der Waals surface area contributed by atoms with Gasteiger partial charge in [-0.3, -0.25) is 0 Å². The Balaban J connectivity index is 2.86. The fourth-order valence-electron chi connectivity index (χ4n) is 0.746. The Kier molecular flexibility index (Phi) is 2.76.